The second kappa shape index (κ2) is 7.59. The normalized spacial score (nSPS) is 30.1. The van der Waals surface area contributed by atoms with Crippen molar-refractivity contribution in [3.63, 3.8) is 0 Å². The Bertz CT molecular complexity index is 333. The molecule has 4 heteroatoms. The SMILES string of the molecule is O=C(C1CCCN1C1CCCCCCC1)N1CCNCC1. The van der Waals surface area contributed by atoms with Gasteiger partial charge in [-0.1, -0.05) is 32.1 Å². The number of nitrogens with one attached hydrogen (secondary N) is 1. The summed E-state index contributed by atoms with van der Waals surface area (Å²) in [7, 11) is 0. The standard InChI is InChI=1S/C17H31N3O/c21-17(19-13-10-18-11-14-19)16-9-6-12-20(16)15-7-4-2-1-3-5-8-15/h15-16,18H,1-14H2. The maximum atomic E-state index is 12.9. The quantitative estimate of drug-likeness (QED) is 0.846. The predicted molar refractivity (Wildman–Crippen MR) is 85.3 cm³/mol. The molecule has 1 unspecified atom stereocenters. The molecule has 3 fully saturated rings. The van der Waals surface area contributed by atoms with Crippen molar-refractivity contribution < 1.29 is 4.79 Å². The minimum absolute atomic E-state index is 0.188. The second-order valence-corrected chi connectivity index (χ2v) is 6.97. The number of hydrogen-bond acceptors (Lipinski definition) is 3. The van der Waals surface area contributed by atoms with E-state index in [-0.39, 0.29) is 6.04 Å². The van der Waals surface area contributed by atoms with Crippen LogP contribution in [0.25, 0.3) is 0 Å². The lowest BCUT2D eigenvalue weighted by Crippen LogP contribution is -2.54. The largest absolute Gasteiger partial charge is 0.339 e. The lowest BCUT2D eigenvalue weighted by molar-refractivity contribution is -0.137. The zero-order valence-electron chi connectivity index (χ0n) is 13.4. The number of nitrogens with zero attached hydrogens (tertiary/aromatic N) is 2. The fourth-order valence-electron chi connectivity index (χ4n) is 4.35. The number of likely N-dealkylation sites (tertiary alicyclic amines) is 1. The van der Waals surface area contributed by atoms with Crippen LogP contribution < -0.4 is 5.32 Å². The lowest BCUT2D eigenvalue weighted by Gasteiger charge is -2.37. The number of rotatable bonds is 2. The fourth-order valence-corrected chi connectivity index (χ4v) is 4.35. The van der Waals surface area contributed by atoms with Crippen LogP contribution in [0.15, 0.2) is 0 Å². The van der Waals surface area contributed by atoms with E-state index in [9.17, 15) is 4.79 Å². The van der Waals surface area contributed by atoms with Crippen LogP contribution in [0.1, 0.15) is 57.8 Å². The highest BCUT2D eigenvalue weighted by atomic mass is 16.2. The third kappa shape index (κ3) is 3.78. The van der Waals surface area contributed by atoms with E-state index in [1.54, 1.807) is 0 Å². The average molecular weight is 293 g/mol. The van der Waals surface area contributed by atoms with E-state index >= 15 is 0 Å². The molecule has 4 nitrogen and oxygen atoms in total. The molecule has 1 atom stereocenters. The summed E-state index contributed by atoms with van der Waals surface area (Å²) in [4.78, 5) is 17.5. The van der Waals surface area contributed by atoms with Crippen LogP contribution in [-0.4, -0.2) is 60.5 Å². The summed E-state index contributed by atoms with van der Waals surface area (Å²) < 4.78 is 0. The summed E-state index contributed by atoms with van der Waals surface area (Å²) in [6.07, 6.45) is 11.8. The Morgan fingerprint density at radius 2 is 1.48 bits per heavy atom. The highest BCUT2D eigenvalue weighted by molar-refractivity contribution is 5.82. The van der Waals surface area contributed by atoms with Crippen molar-refractivity contribution >= 4 is 5.91 Å². The van der Waals surface area contributed by atoms with E-state index in [1.807, 2.05) is 0 Å². The van der Waals surface area contributed by atoms with Crippen molar-refractivity contribution in [3.05, 3.63) is 0 Å². The molecule has 0 aromatic carbocycles. The zero-order chi connectivity index (χ0) is 14.5. The van der Waals surface area contributed by atoms with Gasteiger partial charge in [0.1, 0.15) is 0 Å². The molecule has 0 spiro atoms. The predicted octanol–water partition coefficient (Wildman–Crippen LogP) is 2.00. The van der Waals surface area contributed by atoms with Crippen molar-refractivity contribution in [1.29, 1.82) is 0 Å². The topological polar surface area (TPSA) is 35.6 Å². The maximum Gasteiger partial charge on any atom is 0.240 e. The Kier molecular flexibility index (Phi) is 5.53. The maximum absolute atomic E-state index is 12.9. The molecule has 1 saturated carbocycles. The van der Waals surface area contributed by atoms with Gasteiger partial charge in [0.15, 0.2) is 0 Å². The van der Waals surface area contributed by atoms with Gasteiger partial charge in [-0.25, -0.2) is 0 Å². The summed E-state index contributed by atoms with van der Waals surface area (Å²) in [6.45, 7) is 4.86. The summed E-state index contributed by atoms with van der Waals surface area (Å²) in [5, 5.41) is 3.34. The minimum Gasteiger partial charge on any atom is -0.339 e. The molecular weight excluding hydrogens is 262 g/mol. The van der Waals surface area contributed by atoms with Crippen LogP contribution in [0, 0.1) is 0 Å². The van der Waals surface area contributed by atoms with E-state index in [4.69, 9.17) is 0 Å². The smallest absolute Gasteiger partial charge is 0.240 e. The summed E-state index contributed by atoms with van der Waals surface area (Å²) in [5.74, 6) is 0.413. The Hall–Kier alpha value is -0.610. The van der Waals surface area contributed by atoms with E-state index in [0.29, 0.717) is 11.9 Å². The fraction of sp³-hybridized carbons (Fsp3) is 0.941. The molecule has 3 rings (SSSR count). The first kappa shape index (κ1) is 15.3. The molecule has 1 aliphatic carbocycles. The van der Waals surface area contributed by atoms with Crippen molar-refractivity contribution in [1.82, 2.24) is 15.1 Å². The molecule has 1 amide bonds. The molecule has 0 radical (unpaired) electrons. The monoisotopic (exact) mass is 293 g/mol. The van der Waals surface area contributed by atoms with E-state index in [1.165, 1.54) is 51.4 Å². The number of piperazine rings is 1. The molecule has 21 heavy (non-hydrogen) atoms. The summed E-state index contributed by atoms with van der Waals surface area (Å²) in [5.41, 5.74) is 0. The van der Waals surface area contributed by atoms with Crippen molar-refractivity contribution in [2.75, 3.05) is 32.7 Å². The van der Waals surface area contributed by atoms with Crippen molar-refractivity contribution in [2.24, 2.45) is 0 Å². The third-order valence-electron chi connectivity index (χ3n) is 5.55. The van der Waals surface area contributed by atoms with Gasteiger partial charge in [0.2, 0.25) is 5.91 Å². The van der Waals surface area contributed by atoms with Crippen LogP contribution >= 0.6 is 0 Å². The first-order chi connectivity index (χ1) is 10.4. The van der Waals surface area contributed by atoms with E-state index in [2.05, 4.69) is 15.1 Å². The molecule has 0 aromatic rings. The Labute approximate surface area is 129 Å². The third-order valence-corrected chi connectivity index (χ3v) is 5.55. The molecule has 2 heterocycles. The minimum atomic E-state index is 0.188. The Balaban J connectivity index is 1.61. The van der Waals surface area contributed by atoms with Gasteiger partial charge in [0.25, 0.3) is 0 Å². The van der Waals surface area contributed by atoms with Crippen LogP contribution in [0.4, 0.5) is 0 Å². The molecule has 1 N–H and O–H groups in total. The second-order valence-electron chi connectivity index (χ2n) is 6.97. The highest BCUT2D eigenvalue weighted by Crippen LogP contribution is 2.29. The van der Waals surface area contributed by atoms with E-state index in [0.717, 1.165) is 39.1 Å². The van der Waals surface area contributed by atoms with Gasteiger partial charge < -0.3 is 10.2 Å². The summed E-state index contributed by atoms with van der Waals surface area (Å²) >= 11 is 0. The van der Waals surface area contributed by atoms with E-state index < -0.39 is 0 Å². The first-order valence-electron chi connectivity index (χ1n) is 9.11. The zero-order valence-corrected chi connectivity index (χ0v) is 13.4. The Morgan fingerprint density at radius 1 is 0.810 bits per heavy atom. The molecule has 3 aliphatic rings. The van der Waals surface area contributed by atoms with Crippen LogP contribution in [0.3, 0.4) is 0 Å². The van der Waals surface area contributed by atoms with Gasteiger partial charge in [0.05, 0.1) is 6.04 Å². The van der Waals surface area contributed by atoms with Gasteiger partial charge in [-0.2, -0.15) is 0 Å². The Morgan fingerprint density at radius 3 is 2.19 bits per heavy atom. The van der Waals surface area contributed by atoms with Gasteiger partial charge in [-0.05, 0) is 32.2 Å². The highest BCUT2D eigenvalue weighted by Gasteiger charge is 2.37. The summed E-state index contributed by atoms with van der Waals surface area (Å²) in [6, 6.07) is 0.859. The molecule has 0 bridgehead atoms. The first-order valence-corrected chi connectivity index (χ1v) is 9.11. The molecular formula is C17H31N3O. The van der Waals surface area contributed by atoms with Gasteiger partial charge in [-0.15, -0.1) is 0 Å². The molecule has 2 saturated heterocycles. The number of amides is 1. The van der Waals surface area contributed by atoms with Crippen LogP contribution in [0.2, 0.25) is 0 Å². The average Bonchev–Trinajstić information content (AvgIpc) is 2.96. The lowest BCUT2D eigenvalue weighted by atomic mass is 9.95. The van der Waals surface area contributed by atoms with Gasteiger partial charge in [0, 0.05) is 32.2 Å². The molecule has 2 aliphatic heterocycles. The van der Waals surface area contributed by atoms with Gasteiger partial charge >= 0.3 is 0 Å². The van der Waals surface area contributed by atoms with Crippen molar-refractivity contribution in [3.8, 4) is 0 Å². The number of hydrogen-bond donors (Lipinski definition) is 1. The molecule has 120 valence electrons. The number of carbonyl (C=O) groups excluding carboxylic acids is 1. The van der Waals surface area contributed by atoms with Crippen LogP contribution in [-0.2, 0) is 4.79 Å². The number of carbonyl (C=O) groups is 1. The van der Waals surface area contributed by atoms with Gasteiger partial charge in [-0.3, -0.25) is 9.69 Å². The molecule has 0 aromatic heterocycles. The van der Waals surface area contributed by atoms with Crippen molar-refractivity contribution in [2.45, 2.75) is 69.9 Å². The van der Waals surface area contributed by atoms with Crippen LogP contribution in [0.5, 0.6) is 0 Å².